The monoisotopic (exact) mass is 277 g/mol. The Bertz CT molecular complexity index is 599. The van der Waals surface area contributed by atoms with Crippen LogP contribution in [0.15, 0.2) is 30.3 Å². The number of nitrogens with zero attached hydrogens (tertiary/aromatic N) is 2. The lowest BCUT2D eigenvalue weighted by Gasteiger charge is -2.09. The average molecular weight is 278 g/mol. The molecule has 1 heterocycles. The first kappa shape index (κ1) is 13.3. The number of methoxy groups -OCH3 is 1. The number of carbonyl (C=O) groups is 1. The summed E-state index contributed by atoms with van der Waals surface area (Å²) in [5.74, 6) is 0.470. The van der Waals surface area contributed by atoms with Crippen molar-refractivity contribution in [2.45, 2.75) is 6.92 Å². The van der Waals surface area contributed by atoms with Crippen LogP contribution in [-0.2, 0) is 0 Å². The summed E-state index contributed by atoms with van der Waals surface area (Å²) in [5, 5.41) is 10.8. The van der Waals surface area contributed by atoms with Crippen LogP contribution in [0.4, 0.5) is 5.82 Å². The molecule has 0 aliphatic rings. The van der Waals surface area contributed by atoms with Crippen molar-refractivity contribution >= 4 is 23.3 Å². The minimum Gasteiger partial charge on any atom is -0.496 e. The number of aromatic nitrogens is 2. The Labute approximate surface area is 115 Å². The maximum Gasteiger partial charge on any atom is 0.260 e. The van der Waals surface area contributed by atoms with Gasteiger partial charge in [-0.2, -0.15) is 5.10 Å². The van der Waals surface area contributed by atoms with E-state index in [2.05, 4.69) is 15.5 Å². The molecule has 6 heteroatoms. The van der Waals surface area contributed by atoms with Crippen LogP contribution in [-0.4, -0.2) is 23.2 Å². The van der Waals surface area contributed by atoms with Crippen molar-refractivity contribution in [1.82, 2.24) is 10.2 Å². The first-order chi connectivity index (χ1) is 9.10. The number of amides is 1. The van der Waals surface area contributed by atoms with Crippen molar-refractivity contribution in [2.24, 2.45) is 0 Å². The van der Waals surface area contributed by atoms with Gasteiger partial charge in [0.1, 0.15) is 5.75 Å². The summed E-state index contributed by atoms with van der Waals surface area (Å²) in [4.78, 5) is 12.1. The smallest absolute Gasteiger partial charge is 0.260 e. The summed E-state index contributed by atoms with van der Waals surface area (Å²) in [5.41, 5.74) is 1.12. The minimum absolute atomic E-state index is 0.345. The number of halogens is 1. The van der Waals surface area contributed by atoms with E-state index in [0.29, 0.717) is 22.2 Å². The van der Waals surface area contributed by atoms with E-state index < -0.39 is 0 Å². The molecule has 2 rings (SSSR count). The van der Waals surface area contributed by atoms with Crippen molar-refractivity contribution < 1.29 is 9.53 Å². The largest absolute Gasteiger partial charge is 0.496 e. The molecule has 0 bridgehead atoms. The zero-order valence-electron chi connectivity index (χ0n) is 10.5. The van der Waals surface area contributed by atoms with Gasteiger partial charge in [0.15, 0.2) is 5.82 Å². The molecule has 1 amide bonds. The lowest BCUT2D eigenvalue weighted by molar-refractivity contribution is 0.102. The average Bonchev–Trinajstić information content (AvgIpc) is 2.41. The number of hydrogen-bond acceptors (Lipinski definition) is 4. The second-order valence-electron chi connectivity index (χ2n) is 3.86. The van der Waals surface area contributed by atoms with Gasteiger partial charge in [0, 0.05) is 5.02 Å². The second-order valence-corrected chi connectivity index (χ2v) is 4.30. The van der Waals surface area contributed by atoms with E-state index in [0.717, 1.165) is 5.69 Å². The molecular formula is C13H12ClN3O2. The molecular weight excluding hydrogens is 266 g/mol. The predicted molar refractivity (Wildman–Crippen MR) is 72.7 cm³/mol. The molecule has 98 valence electrons. The van der Waals surface area contributed by atoms with Crippen molar-refractivity contribution in [3.05, 3.63) is 46.6 Å². The zero-order chi connectivity index (χ0) is 13.8. The van der Waals surface area contributed by atoms with Gasteiger partial charge in [-0.15, -0.1) is 5.10 Å². The lowest BCUT2D eigenvalue weighted by atomic mass is 10.2. The molecule has 0 saturated heterocycles. The fraction of sp³-hybridized carbons (Fsp3) is 0.154. The third kappa shape index (κ3) is 3.20. The number of anilines is 1. The van der Waals surface area contributed by atoms with Crippen molar-refractivity contribution in [3.8, 4) is 5.75 Å². The molecule has 0 aliphatic carbocycles. The summed E-state index contributed by atoms with van der Waals surface area (Å²) in [6.45, 7) is 1.82. The van der Waals surface area contributed by atoms with Crippen LogP contribution in [0, 0.1) is 6.92 Å². The first-order valence-corrected chi connectivity index (χ1v) is 5.93. The van der Waals surface area contributed by atoms with Gasteiger partial charge in [-0.05, 0) is 37.3 Å². The molecule has 0 fully saturated rings. The molecule has 19 heavy (non-hydrogen) atoms. The number of benzene rings is 1. The normalized spacial score (nSPS) is 10.1. The van der Waals surface area contributed by atoms with Crippen LogP contribution in [0.1, 0.15) is 16.1 Å². The third-order valence-electron chi connectivity index (χ3n) is 2.45. The fourth-order valence-electron chi connectivity index (χ4n) is 1.51. The molecule has 0 spiro atoms. The van der Waals surface area contributed by atoms with Gasteiger partial charge in [0.05, 0.1) is 18.4 Å². The number of carbonyl (C=O) groups excluding carboxylic acids is 1. The van der Waals surface area contributed by atoms with Gasteiger partial charge >= 0.3 is 0 Å². The minimum atomic E-state index is -0.350. The highest BCUT2D eigenvalue weighted by molar-refractivity contribution is 6.31. The number of aryl methyl sites for hydroxylation is 1. The quantitative estimate of drug-likeness (QED) is 0.937. The molecule has 0 saturated carbocycles. The second kappa shape index (κ2) is 5.67. The summed E-state index contributed by atoms with van der Waals surface area (Å²) in [6, 6.07) is 8.27. The van der Waals surface area contributed by atoms with E-state index in [1.165, 1.54) is 13.2 Å². The van der Waals surface area contributed by atoms with Gasteiger partial charge in [0.25, 0.3) is 5.91 Å². The number of ether oxygens (including phenoxy) is 1. The molecule has 0 aliphatic heterocycles. The SMILES string of the molecule is COc1ccc(Cl)cc1C(=O)Nc1ccc(C)nn1. The molecule has 0 radical (unpaired) electrons. The van der Waals surface area contributed by atoms with Gasteiger partial charge in [-0.25, -0.2) is 0 Å². The van der Waals surface area contributed by atoms with Crippen molar-refractivity contribution in [2.75, 3.05) is 12.4 Å². The number of rotatable bonds is 3. The molecule has 0 unspecified atom stereocenters. The Hall–Kier alpha value is -2.14. The molecule has 0 atom stereocenters. The van der Waals surface area contributed by atoms with Crippen molar-refractivity contribution in [3.63, 3.8) is 0 Å². The summed E-state index contributed by atoms with van der Waals surface area (Å²) in [7, 11) is 1.49. The van der Waals surface area contributed by atoms with E-state index in [1.807, 2.05) is 6.92 Å². The number of nitrogens with one attached hydrogen (secondary N) is 1. The van der Waals surface area contributed by atoms with Crippen LogP contribution in [0.5, 0.6) is 5.75 Å². The zero-order valence-corrected chi connectivity index (χ0v) is 11.2. The Morgan fingerprint density at radius 2 is 2.05 bits per heavy atom. The van der Waals surface area contributed by atoms with E-state index in [-0.39, 0.29) is 5.91 Å². The van der Waals surface area contributed by atoms with Crippen LogP contribution in [0.3, 0.4) is 0 Å². The summed E-state index contributed by atoms with van der Waals surface area (Å²) >= 11 is 5.88. The Balaban J connectivity index is 2.24. The van der Waals surface area contributed by atoms with Gasteiger partial charge in [0.2, 0.25) is 0 Å². The summed E-state index contributed by atoms with van der Waals surface area (Å²) in [6.07, 6.45) is 0. The van der Waals surface area contributed by atoms with Gasteiger partial charge in [-0.3, -0.25) is 4.79 Å². The van der Waals surface area contributed by atoms with E-state index in [1.54, 1.807) is 24.3 Å². The highest BCUT2D eigenvalue weighted by Gasteiger charge is 2.13. The van der Waals surface area contributed by atoms with E-state index in [4.69, 9.17) is 16.3 Å². The summed E-state index contributed by atoms with van der Waals surface area (Å²) < 4.78 is 5.12. The Kier molecular flexibility index (Phi) is 3.97. The maximum atomic E-state index is 12.1. The van der Waals surface area contributed by atoms with E-state index in [9.17, 15) is 4.79 Å². The topological polar surface area (TPSA) is 64.1 Å². The Morgan fingerprint density at radius 1 is 1.26 bits per heavy atom. The highest BCUT2D eigenvalue weighted by atomic mass is 35.5. The lowest BCUT2D eigenvalue weighted by Crippen LogP contribution is -2.14. The molecule has 1 aromatic carbocycles. The fourth-order valence-corrected chi connectivity index (χ4v) is 1.68. The van der Waals surface area contributed by atoms with Crippen LogP contribution in [0.25, 0.3) is 0 Å². The first-order valence-electron chi connectivity index (χ1n) is 5.55. The van der Waals surface area contributed by atoms with E-state index >= 15 is 0 Å². The van der Waals surface area contributed by atoms with Crippen LogP contribution in [0.2, 0.25) is 5.02 Å². The maximum absolute atomic E-state index is 12.1. The Morgan fingerprint density at radius 3 is 2.68 bits per heavy atom. The highest BCUT2D eigenvalue weighted by Crippen LogP contribution is 2.23. The molecule has 1 N–H and O–H groups in total. The third-order valence-corrected chi connectivity index (χ3v) is 2.68. The van der Waals surface area contributed by atoms with Crippen LogP contribution >= 0.6 is 11.6 Å². The number of hydrogen-bond donors (Lipinski definition) is 1. The van der Waals surface area contributed by atoms with Gasteiger partial charge in [-0.1, -0.05) is 11.6 Å². The molecule has 1 aromatic heterocycles. The molecule has 5 nitrogen and oxygen atoms in total. The van der Waals surface area contributed by atoms with Crippen molar-refractivity contribution in [1.29, 1.82) is 0 Å². The van der Waals surface area contributed by atoms with Gasteiger partial charge < -0.3 is 10.1 Å². The standard InChI is InChI=1S/C13H12ClN3O2/c1-8-3-6-12(17-16-8)15-13(18)10-7-9(14)4-5-11(10)19-2/h3-7H,1-2H3,(H,15,17,18). The van der Waals surface area contributed by atoms with Crippen LogP contribution < -0.4 is 10.1 Å². The molecule has 2 aromatic rings. The predicted octanol–water partition coefficient (Wildman–Crippen LogP) is 2.70.